The van der Waals surface area contributed by atoms with Crippen molar-refractivity contribution in [3.05, 3.63) is 36.2 Å². The molecule has 0 spiro atoms. The van der Waals surface area contributed by atoms with E-state index in [4.69, 9.17) is 6.42 Å². The number of carbonyl (C=O) groups excluding carboxylic acids is 1. The van der Waals surface area contributed by atoms with Crippen molar-refractivity contribution in [3.63, 3.8) is 0 Å². The summed E-state index contributed by atoms with van der Waals surface area (Å²) in [5.41, 5.74) is 1.77. The third-order valence-corrected chi connectivity index (χ3v) is 2.88. The van der Waals surface area contributed by atoms with Crippen LogP contribution in [0.4, 0.5) is 0 Å². The van der Waals surface area contributed by atoms with Crippen LogP contribution in [0.1, 0.15) is 24.2 Å². The highest BCUT2D eigenvalue weighted by molar-refractivity contribution is 6.04. The maximum atomic E-state index is 12.3. The van der Waals surface area contributed by atoms with Crippen molar-refractivity contribution in [3.8, 4) is 12.3 Å². The van der Waals surface area contributed by atoms with E-state index in [1.807, 2.05) is 19.9 Å². The number of terminal acetylenes is 1. The van der Waals surface area contributed by atoms with Crippen LogP contribution in [0.5, 0.6) is 0 Å². The Hall–Kier alpha value is -2.41. The van der Waals surface area contributed by atoms with Crippen molar-refractivity contribution < 1.29 is 4.79 Å². The summed E-state index contributed by atoms with van der Waals surface area (Å²) in [6.07, 6.45) is 8.59. The third-order valence-electron chi connectivity index (χ3n) is 2.88. The molecule has 0 fully saturated rings. The number of hydrogen-bond acceptors (Lipinski definition) is 3. The summed E-state index contributed by atoms with van der Waals surface area (Å²) in [4.78, 5) is 20.6. The maximum absolute atomic E-state index is 12.3. The molecule has 1 unspecified atom stereocenters. The highest BCUT2D eigenvalue weighted by Gasteiger charge is 2.17. The Kier molecular flexibility index (Phi) is 3.76. The van der Waals surface area contributed by atoms with Gasteiger partial charge in [-0.05, 0) is 18.1 Å². The molecule has 4 heteroatoms. The van der Waals surface area contributed by atoms with Crippen LogP contribution in [0.2, 0.25) is 0 Å². The Morgan fingerprint density at radius 3 is 2.74 bits per heavy atom. The Labute approximate surface area is 112 Å². The quantitative estimate of drug-likeness (QED) is 0.851. The Morgan fingerprint density at radius 1 is 1.32 bits per heavy atom. The smallest absolute Gasteiger partial charge is 0.254 e. The number of benzene rings is 1. The molecule has 0 saturated heterocycles. The van der Waals surface area contributed by atoms with E-state index in [2.05, 4.69) is 21.2 Å². The fourth-order valence-electron chi connectivity index (χ4n) is 1.80. The number of nitrogens with one attached hydrogen (secondary N) is 1. The van der Waals surface area contributed by atoms with Crippen molar-refractivity contribution in [2.75, 3.05) is 0 Å². The van der Waals surface area contributed by atoms with E-state index in [0.29, 0.717) is 16.6 Å². The first-order valence-corrected chi connectivity index (χ1v) is 6.10. The van der Waals surface area contributed by atoms with E-state index in [9.17, 15) is 4.79 Å². The maximum Gasteiger partial charge on any atom is 0.254 e. The lowest BCUT2D eigenvalue weighted by atomic mass is 10.0. The molecule has 96 valence electrons. The van der Waals surface area contributed by atoms with Gasteiger partial charge in [-0.3, -0.25) is 14.8 Å². The predicted octanol–water partition coefficient (Wildman–Crippen LogP) is 2.02. The standard InChI is InChI=1S/C15H15N3O/c1-4-12(10(2)3)18-15(19)11-6-5-7-13-14(11)17-9-8-16-13/h1,5-10,12H,2-3H3,(H,18,19). The molecule has 0 radical (unpaired) electrons. The van der Waals surface area contributed by atoms with Crippen molar-refractivity contribution >= 4 is 16.9 Å². The van der Waals surface area contributed by atoms with Gasteiger partial charge in [0, 0.05) is 12.4 Å². The van der Waals surface area contributed by atoms with E-state index in [-0.39, 0.29) is 17.9 Å². The van der Waals surface area contributed by atoms with Crippen LogP contribution in [0.25, 0.3) is 11.0 Å². The lowest BCUT2D eigenvalue weighted by Crippen LogP contribution is -2.37. The zero-order valence-corrected chi connectivity index (χ0v) is 10.9. The molecule has 1 N–H and O–H groups in total. The number of amides is 1. The van der Waals surface area contributed by atoms with E-state index >= 15 is 0 Å². The molecule has 0 saturated carbocycles. The summed E-state index contributed by atoms with van der Waals surface area (Å²) >= 11 is 0. The average molecular weight is 253 g/mol. The molecular weight excluding hydrogens is 238 g/mol. The fourth-order valence-corrected chi connectivity index (χ4v) is 1.80. The van der Waals surface area contributed by atoms with E-state index in [1.165, 1.54) is 0 Å². The number of carbonyl (C=O) groups is 1. The average Bonchev–Trinajstić information content (AvgIpc) is 2.43. The normalized spacial score (nSPS) is 12.1. The Balaban J connectivity index is 2.35. The first-order chi connectivity index (χ1) is 9.13. The summed E-state index contributed by atoms with van der Waals surface area (Å²) in [6.45, 7) is 3.93. The van der Waals surface area contributed by atoms with Gasteiger partial charge < -0.3 is 5.32 Å². The topological polar surface area (TPSA) is 54.9 Å². The van der Waals surface area contributed by atoms with E-state index in [1.54, 1.807) is 24.5 Å². The molecule has 0 aliphatic heterocycles. The van der Waals surface area contributed by atoms with Gasteiger partial charge >= 0.3 is 0 Å². The number of fused-ring (bicyclic) bond motifs is 1. The van der Waals surface area contributed by atoms with Crippen LogP contribution in [0.15, 0.2) is 30.6 Å². The minimum absolute atomic E-state index is 0.176. The summed E-state index contributed by atoms with van der Waals surface area (Å²) in [5, 5.41) is 2.83. The largest absolute Gasteiger partial charge is 0.338 e. The monoisotopic (exact) mass is 253 g/mol. The van der Waals surface area contributed by atoms with Crippen LogP contribution in [-0.2, 0) is 0 Å². The van der Waals surface area contributed by atoms with Gasteiger partial charge in [-0.25, -0.2) is 0 Å². The lowest BCUT2D eigenvalue weighted by Gasteiger charge is -2.16. The second-order valence-electron chi connectivity index (χ2n) is 4.59. The van der Waals surface area contributed by atoms with Gasteiger partial charge in [0.25, 0.3) is 5.91 Å². The van der Waals surface area contributed by atoms with Gasteiger partial charge in [-0.15, -0.1) is 6.42 Å². The molecule has 1 amide bonds. The summed E-state index contributed by atoms with van der Waals surface area (Å²) in [6, 6.07) is 5.03. The fraction of sp³-hybridized carbons (Fsp3) is 0.267. The molecule has 0 aliphatic rings. The molecule has 19 heavy (non-hydrogen) atoms. The number of nitrogens with zero attached hydrogens (tertiary/aromatic N) is 2. The van der Waals surface area contributed by atoms with Gasteiger partial charge in [0.05, 0.1) is 17.1 Å². The number of hydrogen-bond donors (Lipinski definition) is 1. The molecule has 2 aromatic rings. The van der Waals surface area contributed by atoms with Gasteiger partial charge in [-0.1, -0.05) is 25.8 Å². The molecule has 1 aromatic heterocycles. The SMILES string of the molecule is C#CC(NC(=O)c1cccc2nccnc12)C(C)C. The summed E-state index contributed by atoms with van der Waals surface area (Å²) in [7, 11) is 0. The highest BCUT2D eigenvalue weighted by Crippen LogP contribution is 2.14. The summed E-state index contributed by atoms with van der Waals surface area (Å²) in [5.74, 6) is 2.54. The minimum Gasteiger partial charge on any atom is -0.338 e. The minimum atomic E-state index is -0.292. The molecule has 1 atom stereocenters. The van der Waals surface area contributed by atoms with Crippen molar-refractivity contribution in [2.24, 2.45) is 5.92 Å². The predicted molar refractivity (Wildman–Crippen MR) is 74.5 cm³/mol. The Morgan fingerprint density at radius 2 is 2.05 bits per heavy atom. The van der Waals surface area contributed by atoms with Crippen LogP contribution in [-0.4, -0.2) is 21.9 Å². The zero-order valence-electron chi connectivity index (χ0n) is 10.9. The van der Waals surface area contributed by atoms with Crippen molar-refractivity contribution in [2.45, 2.75) is 19.9 Å². The van der Waals surface area contributed by atoms with Gasteiger partial charge in [0.1, 0.15) is 5.52 Å². The van der Waals surface area contributed by atoms with Crippen molar-refractivity contribution in [1.82, 2.24) is 15.3 Å². The number of para-hydroxylation sites is 1. The summed E-state index contributed by atoms with van der Waals surface area (Å²) < 4.78 is 0. The number of rotatable bonds is 3. The molecular formula is C15H15N3O. The second-order valence-corrected chi connectivity index (χ2v) is 4.59. The van der Waals surface area contributed by atoms with Crippen molar-refractivity contribution in [1.29, 1.82) is 0 Å². The van der Waals surface area contributed by atoms with E-state index in [0.717, 1.165) is 0 Å². The van der Waals surface area contributed by atoms with Gasteiger partial charge in [-0.2, -0.15) is 0 Å². The number of aromatic nitrogens is 2. The zero-order chi connectivity index (χ0) is 13.8. The molecule has 1 heterocycles. The molecule has 0 aliphatic carbocycles. The highest BCUT2D eigenvalue weighted by atomic mass is 16.1. The van der Waals surface area contributed by atoms with Gasteiger partial charge in [0.2, 0.25) is 0 Å². The van der Waals surface area contributed by atoms with E-state index < -0.39 is 0 Å². The van der Waals surface area contributed by atoms with Crippen LogP contribution >= 0.6 is 0 Å². The van der Waals surface area contributed by atoms with Crippen LogP contribution in [0.3, 0.4) is 0 Å². The Bertz CT molecular complexity index is 638. The first kappa shape index (κ1) is 13.0. The molecule has 0 bridgehead atoms. The molecule has 4 nitrogen and oxygen atoms in total. The van der Waals surface area contributed by atoms with Crippen LogP contribution < -0.4 is 5.32 Å². The first-order valence-electron chi connectivity index (χ1n) is 6.10. The van der Waals surface area contributed by atoms with Gasteiger partial charge in [0.15, 0.2) is 0 Å². The molecule has 2 rings (SSSR count). The van der Waals surface area contributed by atoms with Crippen LogP contribution in [0, 0.1) is 18.3 Å². The molecule has 1 aromatic carbocycles. The second kappa shape index (κ2) is 5.49. The lowest BCUT2D eigenvalue weighted by molar-refractivity contribution is 0.0939. The third kappa shape index (κ3) is 2.71.